The molecule has 0 spiro atoms. The highest BCUT2D eigenvalue weighted by Crippen LogP contribution is 2.34. The first-order valence-electron chi connectivity index (χ1n) is 8.34. The maximum Gasteiger partial charge on any atom is 0.255 e. The van der Waals surface area contributed by atoms with Crippen LogP contribution in [0.1, 0.15) is 10.4 Å². The summed E-state index contributed by atoms with van der Waals surface area (Å²) in [6.45, 7) is 0. The van der Waals surface area contributed by atoms with Gasteiger partial charge in [0.1, 0.15) is 6.33 Å². The third-order valence-electron chi connectivity index (χ3n) is 3.96. The molecular formula is C18H18ClN5O3S2. The zero-order valence-electron chi connectivity index (χ0n) is 15.8. The van der Waals surface area contributed by atoms with E-state index in [1.54, 1.807) is 29.1 Å². The van der Waals surface area contributed by atoms with Crippen LogP contribution in [0.2, 0.25) is 5.02 Å². The maximum absolute atomic E-state index is 12.7. The molecule has 29 heavy (non-hydrogen) atoms. The molecular weight excluding hydrogens is 434 g/mol. The van der Waals surface area contributed by atoms with Crippen LogP contribution in [0.3, 0.4) is 0 Å². The van der Waals surface area contributed by atoms with E-state index in [0.717, 1.165) is 9.20 Å². The lowest BCUT2D eigenvalue weighted by Gasteiger charge is -2.13. The van der Waals surface area contributed by atoms with Gasteiger partial charge in [-0.25, -0.2) is 12.7 Å². The number of hydrogen-bond acceptors (Lipinski definition) is 6. The number of amides is 1. The number of nitrogens with zero attached hydrogens (tertiary/aromatic N) is 4. The molecule has 152 valence electrons. The Hall–Kier alpha value is -2.40. The van der Waals surface area contributed by atoms with Gasteiger partial charge in [0.2, 0.25) is 10.0 Å². The van der Waals surface area contributed by atoms with Crippen LogP contribution in [-0.2, 0) is 17.1 Å². The van der Waals surface area contributed by atoms with Gasteiger partial charge in [0.05, 0.1) is 10.6 Å². The van der Waals surface area contributed by atoms with Crippen molar-refractivity contribution < 1.29 is 13.2 Å². The fourth-order valence-electron chi connectivity index (χ4n) is 2.34. The Labute approximate surface area is 177 Å². The van der Waals surface area contributed by atoms with Crippen LogP contribution in [0.25, 0.3) is 0 Å². The first kappa shape index (κ1) is 21.3. The Morgan fingerprint density at radius 3 is 2.45 bits per heavy atom. The predicted octanol–water partition coefficient (Wildman–Crippen LogP) is 3.12. The van der Waals surface area contributed by atoms with Gasteiger partial charge < -0.3 is 9.88 Å². The molecule has 0 radical (unpaired) electrons. The first-order valence-corrected chi connectivity index (χ1v) is 11.0. The average molecular weight is 452 g/mol. The Bertz CT molecular complexity index is 1140. The monoisotopic (exact) mass is 451 g/mol. The van der Waals surface area contributed by atoms with Crippen molar-refractivity contribution in [2.24, 2.45) is 7.05 Å². The molecule has 11 heteroatoms. The van der Waals surface area contributed by atoms with Gasteiger partial charge in [0.15, 0.2) is 5.16 Å². The molecule has 0 unspecified atom stereocenters. The Morgan fingerprint density at radius 1 is 1.17 bits per heavy atom. The smallest absolute Gasteiger partial charge is 0.255 e. The lowest BCUT2D eigenvalue weighted by atomic mass is 10.2. The summed E-state index contributed by atoms with van der Waals surface area (Å²) >= 11 is 7.43. The third kappa shape index (κ3) is 4.78. The van der Waals surface area contributed by atoms with E-state index in [2.05, 4.69) is 15.5 Å². The molecule has 0 fully saturated rings. The molecule has 1 amide bonds. The van der Waals surface area contributed by atoms with E-state index in [4.69, 9.17) is 11.6 Å². The highest BCUT2D eigenvalue weighted by Gasteiger charge is 2.18. The summed E-state index contributed by atoms with van der Waals surface area (Å²) in [4.78, 5) is 13.5. The fraction of sp³-hybridized carbons (Fsp3) is 0.167. The number of carbonyl (C=O) groups is 1. The molecule has 0 saturated carbocycles. The second-order valence-corrected chi connectivity index (χ2v) is 9.83. The number of hydrogen-bond donors (Lipinski definition) is 1. The zero-order chi connectivity index (χ0) is 21.2. The molecule has 3 aromatic rings. The number of benzene rings is 2. The van der Waals surface area contributed by atoms with E-state index in [1.165, 1.54) is 50.1 Å². The van der Waals surface area contributed by atoms with Gasteiger partial charge in [-0.3, -0.25) is 4.79 Å². The summed E-state index contributed by atoms with van der Waals surface area (Å²) in [6, 6.07) is 10.9. The number of carbonyl (C=O) groups excluding carboxylic acids is 1. The number of anilines is 1. The number of nitrogens with one attached hydrogen (secondary N) is 1. The Morgan fingerprint density at radius 2 is 1.86 bits per heavy atom. The second-order valence-electron chi connectivity index (χ2n) is 6.23. The molecule has 0 aliphatic rings. The number of rotatable bonds is 6. The minimum absolute atomic E-state index is 0.111. The summed E-state index contributed by atoms with van der Waals surface area (Å²) < 4.78 is 27.2. The van der Waals surface area contributed by atoms with Gasteiger partial charge >= 0.3 is 0 Å². The van der Waals surface area contributed by atoms with Crippen molar-refractivity contribution in [3.63, 3.8) is 0 Å². The van der Waals surface area contributed by atoms with E-state index < -0.39 is 10.0 Å². The second kappa shape index (κ2) is 8.54. The van der Waals surface area contributed by atoms with Crippen LogP contribution in [0.15, 0.2) is 63.7 Å². The number of aryl methyl sites for hydroxylation is 1. The van der Waals surface area contributed by atoms with Gasteiger partial charge in [0, 0.05) is 36.6 Å². The summed E-state index contributed by atoms with van der Waals surface area (Å²) in [5.74, 6) is -0.388. The summed E-state index contributed by atoms with van der Waals surface area (Å²) in [5.41, 5.74) is 0.831. The first-order chi connectivity index (χ1) is 13.7. The van der Waals surface area contributed by atoms with Crippen LogP contribution >= 0.6 is 23.4 Å². The highest BCUT2D eigenvalue weighted by molar-refractivity contribution is 7.99. The molecule has 3 rings (SSSR count). The summed E-state index contributed by atoms with van der Waals surface area (Å²) in [5, 5.41) is 11.8. The minimum Gasteiger partial charge on any atom is -0.321 e. The quantitative estimate of drug-likeness (QED) is 0.618. The van der Waals surface area contributed by atoms with Crippen molar-refractivity contribution in [1.82, 2.24) is 19.1 Å². The van der Waals surface area contributed by atoms with E-state index >= 15 is 0 Å². The molecule has 2 aromatic carbocycles. The average Bonchev–Trinajstić information content (AvgIpc) is 3.08. The van der Waals surface area contributed by atoms with E-state index in [0.29, 0.717) is 21.4 Å². The van der Waals surface area contributed by atoms with Crippen molar-refractivity contribution in [2.75, 3.05) is 19.4 Å². The lowest BCUT2D eigenvalue weighted by Crippen LogP contribution is -2.22. The normalized spacial score (nSPS) is 11.6. The highest BCUT2D eigenvalue weighted by atomic mass is 35.5. The van der Waals surface area contributed by atoms with Crippen molar-refractivity contribution >= 4 is 45.0 Å². The van der Waals surface area contributed by atoms with Crippen molar-refractivity contribution in [3.8, 4) is 0 Å². The van der Waals surface area contributed by atoms with Gasteiger partial charge in [-0.1, -0.05) is 11.6 Å². The van der Waals surface area contributed by atoms with Crippen LogP contribution in [0.5, 0.6) is 0 Å². The number of sulfonamides is 1. The van der Waals surface area contributed by atoms with Gasteiger partial charge in [-0.05, 0) is 54.2 Å². The summed E-state index contributed by atoms with van der Waals surface area (Å²) in [7, 11) is 1.16. The largest absolute Gasteiger partial charge is 0.321 e. The van der Waals surface area contributed by atoms with Crippen molar-refractivity contribution in [2.45, 2.75) is 14.9 Å². The maximum atomic E-state index is 12.7. The SMILES string of the molecule is CN(C)S(=O)(=O)c1ccc(C(=O)Nc2cc(Cl)ccc2Sc2nncn2C)cc1. The van der Waals surface area contributed by atoms with Gasteiger partial charge in [0.25, 0.3) is 5.91 Å². The minimum atomic E-state index is -3.56. The lowest BCUT2D eigenvalue weighted by molar-refractivity contribution is 0.102. The van der Waals surface area contributed by atoms with Crippen LogP contribution in [-0.4, -0.2) is 47.5 Å². The van der Waals surface area contributed by atoms with Crippen LogP contribution in [0, 0.1) is 0 Å². The van der Waals surface area contributed by atoms with Crippen LogP contribution < -0.4 is 5.32 Å². The van der Waals surface area contributed by atoms with Gasteiger partial charge in [-0.2, -0.15) is 0 Å². The molecule has 1 heterocycles. The Kier molecular flexibility index (Phi) is 6.27. The van der Waals surface area contributed by atoms with E-state index in [9.17, 15) is 13.2 Å². The molecule has 1 N–H and O–H groups in total. The van der Waals surface area contributed by atoms with Crippen LogP contribution in [0.4, 0.5) is 5.69 Å². The summed E-state index contributed by atoms with van der Waals surface area (Å²) in [6.07, 6.45) is 1.58. The van der Waals surface area contributed by atoms with E-state index in [1.807, 2.05) is 7.05 Å². The van der Waals surface area contributed by atoms with Gasteiger partial charge in [-0.15, -0.1) is 10.2 Å². The third-order valence-corrected chi connectivity index (χ3v) is 7.15. The molecule has 8 nitrogen and oxygen atoms in total. The number of aromatic nitrogens is 3. The molecule has 1 aromatic heterocycles. The number of halogens is 1. The standard InChI is InChI=1S/C18H18ClN5O3S2/c1-23(2)29(26,27)14-7-4-12(5-8-14)17(25)21-15-10-13(19)6-9-16(15)28-18-22-20-11-24(18)3/h4-11H,1-3H3,(H,21,25). The van der Waals surface area contributed by atoms with Crippen molar-refractivity contribution in [3.05, 3.63) is 59.4 Å². The topological polar surface area (TPSA) is 97.2 Å². The predicted molar refractivity (Wildman–Crippen MR) is 112 cm³/mol. The molecule has 0 atom stereocenters. The molecule has 0 aliphatic heterocycles. The molecule has 0 bridgehead atoms. The molecule has 0 saturated heterocycles. The molecule has 0 aliphatic carbocycles. The zero-order valence-corrected chi connectivity index (χ0v) is 18.2. The fourth-order valence-corrected chi connectivity index (χ4v) is 4.24. The van der Waals surface area contributed by atoms with E-state index in [-0.39, 0.29) is 10.8 Å². The Balaban J connectivity index is 1.84. The van der Waals surface area contributed by atoms with Crippen molar-refractivity contribution in [1.29, 1.82) is 0 Å².